The Labute approximate surface area is 55.5 Å². The first-order valence-electron chi connectivity index (χ1n) is 2.65. The van der Waals surface area contributed by atoms with Crippen molar-refractivity contribution in [2.45, 2.75) is 29.8 Å². The maximum atomic E-state index is 4.30. The quantitative estimate of drug-likeness (QED) is 0.463. The van der Waals surface area contributed by atoms with Crippen molar-refractivity contribution in [1.82, 2.24) is 0 Å². The second-order valence-corrected chi connectivity index (χ2v) is 3.58. The summed E-state index contributed by atoms with van der Waals surface area (Å²) < 4.78 is 0. The molecule has 1 aliphatic carbocycles. The maximum absolute atomic E-state index is 4.30. The Bertz CT molecular complexity index is 55.1. The lowest BCUT2D eigenvalue weighted by Gasteiger charge is -1.95. The highest BCUT2D eigenvalue weighted by atomic mass is 32.1. The summed E-state index contributed by atoms with van der Waals surface area (Å²) in [6.07, 6.45) is 3.72. The molecule has 0 heterocycles. The van der Waals surface area contributed by atoms with Gasteiger partial charge in [-0.25, -0.2) is 0 Å². The van der Waals surface area contributed by atoms with E-state index in [1.54, 1.807) is 0 Å². The minimum absolute atomic E-state index is 0.641. The molecule has 1 rings (SSSR count). The van der Waals surface area contributed by atoms with Crippen molar-refractivity contribution >= 4 is 25.3 Å². The van der Waals surface area contributed by atoms with Crippen molar-refractivity contribution in [1.29, 1.82) is 0 Å². The van der Waals surface area contributed by atoms with Gasteiger partial charge in [0.05, 0.1) is 0 Å². The van der Waals surface area contributed by atoms with Gasteiger partial charge in [0, 0.05) is 10.5 Å². The van der Waals surface area contributed by atoms with E-state index < -0.39 is 0 Å². The van der Waals surface area contributed by atoms with Crippen molar-refractivity contribution in [3.8, 4) is 0 Å². The van der Waals surface area contributed by atoms with Crippen molar-refractivity contribution in [3.63, 3.8) is 0 Å². The van der Waals surface area contributed by atoms with Gasteiger partial charge in [-0.05, 0) is 19.3 Å². The molecule has 0 bridgehead atoms. The van der Waals surface area contributed by atoms with Crippen LogP contribution in [0.3, 0.4) is 0 Å². The highest BCUT2D eigenvalue weighted by Crippen LogP contribution is 2.26. The predicted molar refractivity (Wildman–Crippen MR) is 39.4 cm³/mol. The molecular weight excluding hydrogens is 124 g/mol. The second-order valence-electron chi connectivity index (χ2n) is 2.12. The molecule has 0 aromatic heterocycles. The molecule has 0 aromatic carbocycles. The molecule has 7 heavy (non-hydrogen) atoms. The summed E-state index contributed by atoms with van der Waals surface area (Å²) in [5.74, 6) is 0. The van der Waals surface area contributed by atoms with Gasteiger partial charge >= 0.3 is 0 Å². The van der Waals surface area contributed by atoms with E-state index in [0.29, 0.717) is 10.5 Å². The van der Waals surface area contributed by atoms with Crippen LogP contribution in [0.5, 0.6) is 0 Å². The van der Waals surface area contributed by atoms with Gasteiger partial charge in [0.15, 0.2) is 0 Å². The van der Waals surface area contributed by atoms with Gasteiger partial charge in [-0.1, -0.05) is 0 Å². The van der Waals surface area contributed by atoms with Crippen LogP contribution >= 0.6 is 25.3 Å². The van der Waals surface area contributed by atoms with Gasteiger partial charge in [-0.15, -0.1) is 0 Å². The monoisotopic (exact) mass is 134 g/mol. The van der Waals surface area contributed by atoms with Crippen molar-refractivity contribution in [2.24, 2.45) is 0 Å². The molecule has 2 heteroatoms. The van der Waals surface area contributed by atoms with Crippen LogP contribution in [0.1, 0.15) is 19.3 Å². The average molecular weight is 134 g/mol. The number of hydrogen-bond donors (Lipinski definition) is 2. The second kappa shape index (κ2) is 2.31. The SMILES string of the molecule is S[C@@H]1CC[C@@H](S)C1. The molecule has 0 nitrogen and oxygen atoms in total. The fraction of sp³-hybridized carbons (Fsp3) is 1.00. The number of thiol groups is 2. The Morgan fingerprint density at radius 3 is 1.57 bits per heavy atom. The Kier molecular flexibility index (Phi) is 1.93. The fourth-order valence-corrected chi connectivity index (χ4v) is 1.91. The lowest BCUT2D eigenvalue weighted by molar-refractivity contribution is 0.907. The normalized spacial score (nSPS) is 42.0. The Balaban J connectivity index is 2.26. The number of hydrogen-bond acceptors (Lipinski definition) is 2. The van der Waals surface area contributed by atoms with Crippen molar-refractivity contribution in [2.75, 3.05) is 0 Å². The van der Waals surface area contributed by atoms with Crippen LogP contribution in [-0.4, -0.2) is 10.5 Å². The molecule has 0 spiro atoms. The average Bonchev–Trinajstić information content (AvgIpc) is 1.87. The van der Waals surface area contributed by atoms with Crippen LogP contribution in [0.4, 0.5) is 0 Å². The van der Waals surface area contributed by atoms with E-state index in [2.05, 4.69) is 25.3 Å². The van der Waals surface area contributed by atoms with Crippen LogP contribution in [0, 0.1) is 0 Å². The smallest absolute Gasteiger partial charge is 0.00276 e. The van der Waals surface area contributed by atoms with Gasteiger partial charge in [0.1, 0.15) is 0 Å². The number of rotatable bonds is 0. The molecule has 0 aliphatic heterocycles. The molecule has 1 saturated carbocycles. The third-order valence-corrected chi connectivity index (χ3v) is 2.32. The van der Waals surface area contributed by atoms with Crippen LogP contribution in [0.15, 0.2) is 0 Å². The topological polar surface area (TPSA) is 0 Å². The van der Waals surface area contributed by atoms with Crippen LogP contribution < -0.4 is 0 Å². The minimum Gasteiger partial charge on any atom is -0.176 e. The van der Waals surface area contributed by atoms with E-state index in [9.17, 15) is 0 Å². The van der Waals surface area contributed by atoms with E-state index in [1.165, 1.54) is 19.3 Å². The molecule has 0 unspecified atom stereocenters. The van der Waals surface area contributed by atoms with E-state index in [4.69, 9.17) is 0 Å². The molecular formula is C5H10S2. The van der Waals surface area contributed by atoms with Crippen LogP contribution in [0.2, 0.25) is 0 Å². The molecule has 0 saturated heterocycles. The summed E-state index contributed by atoms with van der Waals surface area (Å²) in [7, 11) is 0. The van der Waals surface area contributed by atoms with Crippen molar-refractivity contribution in [3.05, 3.63) is 0 Å². The molecule has 0 amide bonds. The molecule has 0 N–H and O–H groups in total. The Hall–Kier alpha value is 0.700. The molecule has 42 valence electrons. The summed E-state index contributed by atoms with van der Waals surface area (Å²) in [6, 6.07) is 0. The first kappa shape index (κ1) is 5.83. The summed E-state index contributed by atoms with van der Waals surface area (Å²) in [5, 5.41) is 1.28. The predicted octanol–water partition coefficient (Wildman–Crippen LogP) is 1.77. The van der Waals surface area contributed by atoms with E-state index in [0.717, 1.165) is 0 Å². The highest BCUT2D eigenvalue weighted by molar-refractivity contribution is 7.82. The van der Waals surface area contributed by atoms with Gasteiger partial charge < -0.3 is 0 Å². The summed E-state index contributed by atoms with van der Waals surface area (Å²) >= 11 is 8.61. The summed E-state index contributed by atoms with van der Waals surface area (Å²) in [6.45, 7) is 0. The van der Waals surface area contributed by atoms with Gasteiger partial charge in [-0.2, -0.15) is 25.3 Å². The zero-order valence-corrected chi connectivity index (χ0v) is 5.96. The lowest BCUT2D eigenvalue weighted by Crippen LogP contribution is -1.90. The zero-order valence-electron chi connectivity index (χ0n) is 4.17. The Morgan fingerprint density at radius 2 is 1.43 bits per heavy atom. The lowest BCUT2D eigenvalue weighted by atomic mass is 10.4. The van der Waals surface area contributed by atoms with E-state index in [1.807, 2.05) is 0 Å². The first-order valence-corrected chi connectivity index (χ1v) is 3.68. The zero-order chi connectivity index (χ0) is 5.28. The molecule has 1 aliphatic rings. The van der Waals surface area contributed by atoms with Crippen molar-refractivity contribution < 1.29 is 0 Å². The van der Waals surface area contributed by atoms with E-state index >= 15 is 0 Å². The fourth-order valence-electron chi connectivity index (χ4n) is 0.935. The van der Waals surface area contributed by atoms with Crippen LogP contribution in [-0.2, 0) is 0 Å². The van der Waals surface area contributed by atoms with Crippen LogP contribution in [0.25, 0.3) is 0 Å². The minimum atomic E-state index is 0.641. The summed E-state index contributed by atoms with van der Waals surface area (Å²) in [4.78, 5) is 0. The first-order chi connectivity index (χ1) is 3.29. The Morgan fingerprint density at radius 1 is 1.00 bits per heavy atom. The largest absolute Gasteiger partial charge is 0.176 e. The third kappa shape index (κ3) is 1.57. The molecule has 0 aromatic rings. The maximum Gasteiger partial charge on any atom is 0.00276 e. The molecule has 0 radical (unpaired) electrons. The standard InChI is InChI=1S/C5H10S2/c6-4-1-2-5(7)3-4/h4-7H,1-3H2/t4-,5-/m1/s1. The molecule has 1 fully saturated rings. The van der Waals surface area contributed by atoms with E-state index in [-0.39, 0.29) is 0 Å². The van der Waals surface area contributed by atoms with Gasteiger partial charge in [0.2, 0.25) is 0 Å². The van der Waals surface area contributed by atoms with Gasteiger partial charge in [-0.3, -0.25) is 0 Å². The molecule has 2 atom stereocenters. The third-order valence-electron chi connectivity index (χ3n) is 1.38. The summed E-state index contributed by atoms with van der Waals surface area (Å²) in [5.41, 5.74) is 0. The van der Waals surface area contributed by atoms with Gasteiger partial charge in [0.25, 0.3) is 0 Å². The highest BCUT2D eigenvalue weighted by Gasteiger charge is 2.17.